The minimum Gasteiger partial charge on any atom is -0.494 e. The molecule has 3 N–H and O–H groups in total. The largest absolute Gasteiger partial charge is 0.494 e. The number of anilines is 1. The maximum absolute atomic E-state index is 11.3. The van der Waals surface area contributed by atoms with Crippen LogP contribution in [0.4, 0.5) is 5.95 Å². The third-order valence-electron chi connectivity index (χ3n) is 2.38. The Labute approximate surface area is 105 Å². The summed E-state index contributed by atoms with van der Waals surface area (Å²) >= 11 is 0. The van der Waals surface area contributed by atoms with E-state index >= 15 is 0 Å². The minimum absolute atomic E-state index is 0.115. The SMILES string of the molecule is CCCOc1ccc(-c2cc(=O)[nH]c(N)n2)cc1. The van der Waals surface area contributed by atoms with Crippen LogP contribution in [-0.2, 0) is 0 Å². The molecule has 0 saturated carbocycles. The van der Waals surface area contributed by atoms with Crippen LogP contribution in [0.1, 0.15) is 13.3 Å². The molecule has 0 atom stereocenters. The number of aromatic amines is 1. The number of nitrogens with two attached hydrogens (primary N) is 1. The Morgan fingerprint density at radius 2 is 2.06 bits per heavy atom. The first kappa shape index (κ1) is 12.2. The lowest BCUT2D eigenvalue weighted by molar-refractivity contribution is 0.317. The van der Waals surface area contributed by atoms with Gasteiger partial charge in [0.25, 0.3) is 5.56 Å². The van der Waals surface area contributed by atoms with Crippen molar-refractivity contribution in [1.29, 1.82) is 0 Å². The Morgan fingerprint density at radius 3 is 2.67 bits per heavy atom. The lowest BCUT2D eigenvalue weighted by Crippen LogP contribution is -2.10. The van der Waals surface area contributed by atoms with E-state index in [1.54, 1.807) is 0 Å². The highest BCUT2D eigenvalue weighted by Crippen LogP contribution is 2.20. The molecule has 1 aromatic carbocycles. The molecule has 0 radical (unpaired) electrons. The van der Waals surface area contributed by atoms with Crippen LogP contribution in [0.15, 0.2) is 35.1 Å². The van der Waals surface area contributed by atoms with Gasteiger partial charge < -0.3 is 10.5 Å². The predicted molar refractivity (Wildman–Crippen MR) is 70.5 cm³/mol. The van der Waals surface area contributed by atoms with Crippen LogP contribution in [0.3, 0.4) is 0 Å². The lowest BCUT2D eigenvalue weighted by Gasteiger charge is -2.05. The van der Waals surface area contributed by atoms with Crippen molar-refractivity contribution in [3.8, 4) is 17.0 Å². The van der Waals surface area contributed by atoms with Crippen LogP contribution in [0.2, 0.25) is 0 Å². The van der Waals surface area contributed by atoms with E-state index in [-0.39, 0.29) is 11.5 Å². The van der Waals surface area contributed by atoms with Crippen LogP contribution in [0.5, 0.6) is 5.75 Å². The van der Waals surface area contributed by atoms with Crippen molar-refractivity contribution in [3.05, 3.63) is 40.7 Å². The summed E-state index contributed by atoms with van der Waals surface area (Å²) in [6, 6.07) is 8.82. The van der Waals surface area contributed by atoms with E-state index in [1.165, 1.54) is 6.07 Å². The Bertz CT molecular complexity index is 576. The van der Waals surface area contributed by atoms with Gasteiger partial charge in [0, 0.05) is 11.6 Å². The topological polar surface area (TPSA) is 81.0 Å². The van der Waals surface area contributed by atoms with Gasteiger partial charge in [0.2, 0.25) is 5.95 Å². The van der Waals surface area contributed by atoms with Crippen molar-refractivity contribution in [2.75, 3.05) is 12.3 Å². The van der Waals surface area contributed by atoms with Gasteiger partial charge in [-0.1, -0.05) is 6.92 Å². The molecule has 1 aromatic heterocycles. The first-order chi connectivity index (χ1) is 8.69. The fourth-order valence-electron chi connectivity index (χ4n) is 1.57. The van der Waals surface area contributed by atoms with E-state index in [9.17, 15) is 4.79 Å². The summed E-state index contributed by atoms with van der Waals surface area (Å²) in [6.07, 6.45) is 0.966. The molecule has 2 aromatic rings. The maximum Gasteiger partial charge on any atom is 0.252 e. The van der Waals surface area contributed by atoms with Crippen molar-refractivity contribution in [2.45, 2.75) is 13.3 Å². The molecule has 0 aliphatic carbocycles. The van der Waals surface area contributed by atoms with E-state index < -0.39 is 0 Å². The molecule has 0 amide bonds. The Morgan fingerprint density at radius 1 is 1.33 bits per heavy atom. The minimum atomic E-state index is -0.260. The first-order valence-corrected chi connectivity index (χ1v) is 5.79. The Balaban J connectivity index is 2.25. The molecule has 0 spiro atoms. The number of nitrogen functional groups attached to an aromatic ring is 1. The fraction of sp³-hybridized carbons (Fsp3) is 0.231. The van der Waals surface area contributed by atoms with Crippen LogP contribution in [0.25, 0.3) is 11.3 Å². The van der Waals surface area contributed by atoms with Crippen molar-refractivity contribution in [1.82, 2.24) is 9.97 Å². The monoisotopic (exact) mass is 245 g/mol. The summed E-state index contributed by atoms with van der Waals surface area (Å²) in [5, 5.41) is 0. The van der Waals surface area contributed by atoms with Crippen LogP contribution >= 0.6 is 0 Å². The summed E-state index contributed by atoms with van der Waals surface area (Å²) in [6.45, 7) is 2.74. The second-order valence-electron chi connectivity index (χ2n) is 3.89. The number of nitrogens with zero attached hydrogens (tertiary/aromatic N) is 1. The van der Waals surface area contributed by atoms with Crippen molar-refractivity contribution in [3.63, 3.8) is 0 Å². The molecule has 5 heteroatoms. The highest BCUT2D eigenvalue weighted by Gasteiger charge is 2.02. The van der Waals surface area contributed by atoms with Gasteiger partial charge in [-0.05, 0) is 30.7 Å². The predicted octanol–water partition coefficient (Wildman–Crippen LogP) is 1.81. The molecule has 0 saturated heterocycles. The maximum atomic E-state index is 11.3. The molecule has 18 heavy (non-hydrogen) atoms. The molecule has 0 unspecified atom stereocenters. The number of ether oxygens (including phenoxy) is 1. The van der Waals surface area contributed by atoms with Crippen molar-refractivity contribution in [2.24, 2.45) is 0 Å². The van der Waals surface area contributed by atoms with Crippen molar-refractivity contribution < 1.29 is 4.74 Å². The average Bonchev–Trinajstić information content (AvgIpc) is 2.36. The molecule has 0 aliphatic heterocycles. The second-order valence-corrected chi connectivity index (χ2v) is 3.89. The molecule has 0 aliphatic rings. The molecule has 94 valence electrons. The standard InChI is InChI=1S/C13H15N3O2/c1-2-7-18-10-5-3-9(4-6-10)11-8-12(17)16-13(14)15-11/h3-6,8H,2,7H2,1H3,(H3,14,15,16,17). The lowest BCUT2D eigenvalue weighted by atomic mass is 10.1. The van der Waals surface area contributed by atoms with Gasteiger partial charge in [0.05, 0.1) is 12.3 Å². The van der Waals surface area contributed by atoms with Crippen molar-refractivity contribution >= 4 is 5.95 Å². The van der Waals surface area contributed by atoms with Gasteiger partial charge in [-0.2, -0.15) is 0 Å². The zero-order valence-corrected chi connectivity index (χ0v) is 10.1. The van der Waals surface area contributed by atoms with Gasteiger partial charge >= 0.3 is 0 Å². The van der Waals surface area contributed by atoms with Gasteiger partial charge in [-0.25, -0.2) is 4.98 Å². The van der Waals surface area contributed by atoms with E-state index in [2.05, 4.69) is 16.9 Å². The van der Waals surface area contributed by atoms with E-state index in [0.29, 0.717) is 12.3 Å². The molecule has 2 rings (SSSR count). The Kier molecular flexibility index (Phi) is 3.62. The van der Waals surface area contributed by atoms with Gasteiger partial charge in [0.15, 0.2) is 0 Å². The van der Waals surface area contributed by atoms with E-state index in [1.807, 2.05) is 24.3 Å². The average molecular weight is 245 g/mol. The Hall–Kier alpha value is -2.30. The summed E-state index contributed by atoms with van der Waals surface area (Å²) in [5.74, 6) is 0.919. The number of aromatic nitrogens is 2. The number of benzene rings is 1. The summed E-state index contributed by atoms with van der Waals surface area (Å²) in [7, 11) is 0. The fourth-order valence-corrected chi connectivity index (χ4v) is 1.57. The molecule has 0 bridgehead atoms. The molecule has 5 nitrogen and oxygen atoms in total. The number of nitrogens with one attached hydrogen (secondary N) is 1. The van der Waals surface area contributed by atoms with Gasteiger partial charge in [-0.15, -0.1) is 0 Å². The van der Waals surface area contributed by atoms with Crippen LogP contribution in [0, 0.1) is 0 Å². The highest BCUT2D eigenvalue weighted by atomic mass is 16.5. The summed E-state index contributed by atoms with van der Waals surface area (Å²) < 4.78 is 5.48. The first-order valence-electron chi connectivity index (χ1n) is 5.79. The van der Waals surface area contributed by atoms with E-state index in [4.69, 9.17) is 10.5 Å². The summed E-state index contributed by atoms with van der Waals surface area (Å²) in [4.78, 5) is 17.8. The zero-order chi connectivity index (χ0) is 13.0. The second kappa shape index (κ2) is 5.35. The number of hydrogen-bond donors (Lipinski definition) is 2. The third kappa shape index (κ3) is 2.88. The molecule has 0 fully saturated rings. The van der Waals surface area contributed by atoms with E-state index in [0.717, 1.165) is 17.7 Å². The third-order valence-corrected chi connectivity index (χ3v) is 2.38. The van der Waals surface area contributed by atoms with Crippen LogP contribution < -0.4 is 16.0 Å². The molecular formula is C13H15N3O2. The number of rotatable bonds is 4. The number of H-pyrrole nitrogens is 1. The zero-order valence-electron chi connectivity index (χ0n) is 10.1. The quantitative estimate of drug-likeness (QED) is 0.860. The highest BCUT2D eigenvalue weighted by molar-refractivity contribution is 5.60. The number of hydrogen-bond acceptors (Lipinski definition) is 4. The van der Waals surface area contributed by atoms with Gasteiger partial charge in [-0.3, -0.25) is 9.78 Å². The summed E-state index contributed by atoms with van der Waals surface area (Å²) in [5.41, 5.74) is 6.62. The normalized spacial score (nSPS) is 10.3. The molecular weight excluding hydrogens is 230 g/mol. The smallest absolute Gasteiger partial charge is 0.252 e. The van der Waals surface area contributed by atoms with Crippen LogP contribution in [-0.4, -0.2) is 16.6 Å². The molecule has 1 heterocycles. The van der Waals surface area contributed by atoms with Gasteiger partial charge in [0.1, 0.15) is 5.75 Å².